The summed E-state index contributed by atoms with van der Waals surface area (Å²) in [5, 5.41) is 20.0. The van der Waals surface area contributed by atoms with E-state index in [2.05, 4.69) is 0 Å². The smallest absolute Gasteiger partial charge is 0.340 e. The fraction of sp³-hybridized carbons (Fsp3) is 0.200. The molecule has 6 heteroatoms. The molecule has 1 spiro atoms. The number of phenols is 2. The lowest BCUT2D eigenvalue weighted by molar-refractivity contribution is 0.0223. The molecule has 6 nitrogen and oxygen atoms in total. The first-order valence-corrected chi connectivity index (χ1v) is 9.89. The van der Waals surface area contributed by atoms with Gasteiger partial charge in [-0.25, -0.2) is 4.79 Å². The van der Waals surface area contributed by atoms with Gasteiger partial charge in [0.25, 0.3) is 0 Å². The molecule has 3 aromatic rings. The minimum atomic E-state index is -1.37. The Morgan fingerprint density at radius 2 is 1.45 bits per heavy atom. The molecule has 2 heterocycles. The van der Waals surface area contributed by atoms with Crippen molar-refractivity contribution in [3.05, 3.63) is 82.4 Å². The zero-order valence-corrected chi connectivity index (χ0v) is 17.2. The first kappa shape index (κ1) is 19.2. The second-order valence-electron chi connectivity index (χ2n) is 8.84. The molecule has 0 bridgehead atoms. The summed E-state index contributed by atoms with van der Waals surface area (Å²) in [6.45, 7) is 5.40. The van der Waals surface area contributed by atoms with Crippen LogP contribution in [-0.4, -0.2) is 22.0 Å². The molecule has 0 aliphatic carbocycles. The van der Waals surface area contributed by atoms with Crippen LogP contribution in [0.25, 0.3) is 0 Å². The highest BCUT2D eigenvalue weighted by atomic mass is 16.6. The number of hydrogen-bond donors (Lipinski definition) is 2. The van der Waals surface area contributed by atoms with Crippen molar-refractivity contribution >= 4 is 11.8 Å². The molecule has 5 rings (SSSR count). The second kappa shape index (κ2) is 6.11. The quantitative estimate of drug-likeness (QED) is 0.433. The topological polar surface area (TPSA) is 93.1 Å². The van der Waals surface area contributed by atoms with Crippen molar-refractivity contribution in [1.82, 2.24) is 0 Å². The summed E-state index contributed by atoms with van der Waals surface area (Å²) in [5.41, 5.74) is 0.0437. The van der Waals surface area contributed by atoms with Gasteiger partial charge in [-0.1, -0.05) is 39.0 Å². The summed E-state index contributed by atoms with van der Waals surface area (Å²) in [6.07, 6.45) is 0. The van der Waals surface area contributed by atoms with Crippen LogP contribution in [0.4, 0.5) is 0 Å². The molecule has 31 heavy (non-hydrogen) atoms. The van der Waals surface area contributed by atoms with Crippen LogP contribution in [0.5, 0.6) is 23.0 Å². The maximum absolute atomic E-state index is 13.2. The molecule has 0 unspecified atom stereocenters. The van der Waals surface area contributed by atoms with E-state index >= 15 is 0 Å². The monoisotopic (exact) mass is 416 g/mol. The number of rotatable bonds is 1. The van der Waals surface area contributed by atoms with Gasteiger partial charge >= 0.3 is 5.97 Å². The Balaban J connectivity index is 1.86. The van der Waals surface area contributed by atoms with Gasteiger partial charge in [-0.3, -0.25) is 4.79 Å². The maximum Gasteiger partial charge on any atom is 0.340 e. The van der Waals surface area contributed by atoms with E-state index in [0.717, 1.165) is 0 Å². The molecule has 0 saturated heterocycles. The zero-order valence-electron chi connectivity index (χ0n) is 17.2. The minimum Gasteiger partial charge on any atom is -0.508 e. The van der Waals surface area contributed by atoms with Crippen LogP contribution in [0.15, 0.2) is 54.6 Å². The van der Waals surface area contributed by atoms with E-state index in [1.54, 1.807) is 51.1 Å². The number of Topliss-reactive ketones (excluding diaryl/α,β-unsaturated/α-hetero) is 1. The number of esters is 1. The molecular weight excluding hydrogens is 396 g/mol. The molecule has 0 fully saturated rings. The highest BCUT2D eigenvalue weighted by Gasteiger charge is 2.54. The Labute approximate surface area is 178 Å². The number of fused-ring (bicyclic) bond motifs is 6. The molecule has 0 atom stereocenters. The molecule has 0 radical (unpaired) electrons. The van der Waals surface area contributed by atoms with Gasteiger partial charge in [-0.05, 0) is 24.3 Å². The molecule has 0 aromatic heterocycles. The van der Waals surface area contributed by atoms with Crippen LogP contribution in [0.1, 0.15) is 58.2 Å². The van der Waals surface area contributed by atoms with Crippen molar-refractivity contribution in [2.75, 3.05) is 0 Å². The van der Waals surface area contributed by atoms with Crippen molar-refractivity contribution in [2.24, 2.45) is 5.41 Å². The third kappa shape index (κ3) is 2.57. The highest BCUT2D eigenvalue weighted by molar-refractivity contribution is 6.11. The normalized spacial score (nSPS) is 15.5. The standard InChI is InChI=1S/C25H20O6/c1-24(2,3)22(28)15-5-4-6-18-21(15)23(29)31-25(18)16-9-7-13(26)11-19(16)30-20-12-14(27)8-10-17(20)25/h4-12,26-27H,1-3H3. The van der Waals surface area contributed by atoms with Gasteiger partial charge in [0, 0.05) is 39.8 Å². The van der Waals surface area contributed by atoms with E-state index in [9.17, 15) is 19.8 Å². The van der Waals surface area contributed by atoms with Gasteiger partial charge in [-0.15, -0.1) is 0 Å². The highest BCUT2D eigenvalue weighted by Crippen LogP contribution is 2.57. The van der Waals surface area contributed by atoms with E-state index in [-0.39, 0.29) is 22.8 Å². The maximum atomic E-state index is 13.2. The third-order valence-electron chi connectivity index (χ3n) is 5.73. The summed E-state index contributed by atoms with van der Waals surface area (Å²) >= 11 is 0. The van der Waals surface area contributed by atoms with Crippen LogP contribution < -0.4 is 4.74 Å². The Kier molecular flexibility index (Phi) is 3.78. The Morgan fingerprint density at radius 1 is 0.871 bits per heavy atom. The van der Waals surface area contributed by atoms with Crippen molar-refractivity contribution in [3.63, 3.8) is 0 Å². The van der Waals surface area contributed by atoms with Crippen molar-refractivity contribution in [1.29, 1.82) is 0 Å². The molecule has 2 aliphatic heterocycles. The molecular formula is C25H20O6. The van der Waals surface area contributed by atoms with Crippen LogP contribution in [0.2, 0.25) is 0 Å². The predicted octanol–water partition coefficient (Wildman–Crippen LogP) is 4.89. The number of ether oxygens (including phenoxy) is 2. The van der Waals surface area contributed by atoms with Gasteiger partial charge < -0.3 is 19.7 Å². The zero-order chi connectivity index (χ0) is 22.1. The number of aromatic hydroxyl groups is 2. The summed E-state index contributed by atoms with van der Waals surface area (Å²) in [5.74, 6) is -0.208. The van der Waals surface area contributed by atoms with Gasteiger partial charge in [0.2, 0.25) is 0 Å². The van der Waals surface area contributed by atoms with Gasteiger partial charge in [0.1, 0.15) is 23.0 Å². The largest absolute Gasteiger partial charge is 0.508 e. The predicted molar refractivity (Wildman–Crippen MR) is 112 cm³/mol. The van der Waals surface area contributed by atoms with Gasteiger partial charge in [0.05, 0.1) is 5.56 Å². The summed E-state index contributed by atoms with van der Waals surface area (Å²) in [6, 6.07) is 14.3. The molecule has 3 aromatic carbocycles. The van der Waals surface area contributed by atoms with Crippen molar-refractivity contribution in [2.45, 2.75) is 26.4 Å². The fourth-order valence-corrected chi connectivity index (χ4v) is 4.34. The Morgan fingerprint density at radius 3 is 2.00 bits per heavy atom. The molecule has 2 aliphatic rings. The fourth-order valence-electron chi connectivity index (χ4n) is 4.34. The molecule has 0 amide bonds. The number of phenolic OH excluding ortho intramolecular Hbond substituents is 2. The van der Waals surface area contributed by atoms with Crippen LogP contribution in [0.3, 0.4) is 0 Å². The molecule has 156 valence electrons. The average molecular weight is 416 g/mol. The summed E-state index contributed by atoms with van der Waals surface area (Å²) < 4.78 is 12.0. The summed E-state index contributed by atoms with van der Waals surface area (Å²) in [7, 11) is 0. The Bertz CT molecular complexity index is 1230. The number of carbonyl (C=O) groups excluding carboxylic acids is 2. The second-order valence-corrected chi connectivity index (χ2v) is 8.84. The summed E-state index contributed by atoms with van der Waals surface area (Å²) in [4.78, 5) is 26.4. The van der Waals surface area contributed by atoms with E-state index in [1.807, 2.05) is 0 Å². The number of hydrogen-bond acceptors (Lipinski definition) is 6. The average Bonchev–Trinajstić information content (AvgIpc) is 2.99. The first-order valence-electron chi connectivity index (χ1n) is 9.89. The van der Waals surface area contributed by atoms with Gasteiger partial charge in [-0.2, -0.15) is 0 Å². The van der Waals surface area contributed by atoms with Gasteiger partial charge in [0.15, 0.2) is 11.4 Å². The van der Waals surface area contributed by atoms with E-state index in [1.165, 1.54) is 24.3 Å². The minimum absolute atomic E-state index is 0.0151. The van der Waals surface area contributed by atoms with E-state index in [0.29, 0.717) is 33.8 Å². The number of carbonyl (C=O) groups is 2. The number of benzene rings is 3. The third-order valence-corrected chi connectivity index (χ3v) is 5.73. The van der Waals surface area contributed by atoms with Crippen molar-refractivity contribution < 1.29 is 29.3 Å². The lowest BCUT2D eigenvalue weighted by atomic mass is 9.75. The van der Waals surface area contributed by atoms with Crippen molar-refractivity contribution in [3.8, 4) is 23.0 Å². The van der Waals surface area contributed by atoms with Crippen LogP contribution in [0, 0.1) is 5.41 Å². The lowest BCUT2D eigenvalue weighted by Gasteiger charge is -2.36. The van der Waals surface area contributed by atoms with E-state index in [4.69, 9.17) is 9.47 Å². The SMILES string of the molecule is CC(C)(C)C(=O)c1cccc2c1C(=O)OC21c2ccc(O)cc2Oc2cc(O)ccc21. The van der Waals surface area contributed by atoms with Crippen LogP contribution in [-0.2, 0) is 10.3 Å². The first-order chi connectivity index (χ1) is 14.6. The lowest BCUT2D eigenvalue weighted by Crippen LogP contribution is -2.33. The number of ketones is 1. The molecule has 2 N–H and O–H groups in total. The van der Waals surface area contributed by atoms with Crippen LogP contribution >= 0.6 is 0 Å². The molecule has 0 saturated carbocycles. The van der Waals surface area contributed by atoms with E-state index < -0.39 is 17.0 Å². The Hall–Kier alpha value is -3.80.